The number of halogens is 1. The zero-order valence-electron chi connectivity index (χ0n) is 18.5. The van der Waals surface area contributed by atoms with Crippen LogP contribution in [0.2, 0.25) is 0 Å². The van der Waals surface area contributed by atoms with Crippen molar-refractivity contribution in [1.82, 2.24) is 19.8 Å². The lowest BCUT2D eigenvalue weighted by molar-refractivity contribution is 0.184. The lowest BCUT2D eigenvalue weighted by Crippen LogP contribution is -2.43. The van der Waals surface area contributed by atoms with Gasteiger partial charge in [-0.15, -0.1) is 0 Å². The zero-order valence-corrected chi connectivity index (χ0v) is 18.5. The lowest BCUT2D eigenvalue weighted by Gasteiger charge is -2.34. The van der Waals surface area contributed by atoms with Crippen LogP contribution in [-0.2, 0) is 13.1 Å². The second-order valence-corrected chi connectivity index (χ2v) is 9.28. The maximum atomic E-state index is 14.8. The number of benzene rings is 1. The van der Waals surface area contributed by atoms with Gasteiger partial charge in [-0.25, -0.2) is 4.39 Å². The molecule has 2 aromatic heterocycles. The Kier molecular flexibility index (Phi) is 5.27. The summed E-state index contributed by atoms with van der Waals surface area (Å²) >= 11 is 0. The predicted octanol–water partition coefficient (Wildman–Crippen LogP) is 2.69. The van der Waals surface area contributed by atoms with Crippen molar-refractivity contribution in [2.75, 3.05) is 38.1 Å². The van der Waals surface area contributed by atoms with Crippen molar-refractivity contribution in [2.24, 2.45) is 0 Å². The van der Waals surface area contributed by atoms with Crippen LogP contribution in [0.5, 0.6) is 5.75 Å². The number of likely N-dealkylation sites (tertiary alicyclic amines) is 1. The number of ether oxygens (including phenoxy) is 1. The highest BCUT2D eigenvalue weighted by molar-refractivity contribution is 5.84. The molecule has 3 aromatic rings. The lowest BCUT2D eigenvalue weighted by atomic mass is 9.97. The second kappa shape index (κ2) is 8.43. The summed E-state index contributed by atoms with van der Waals surface area (Å²) in [5.41, 5.74) is 3.47. The first kappa shape index (κ1) is 20.6. The molecule has 1 aromatic carbocycles. The summed E-state index contributed by atoms with van der Waals surface area (Å²) in [6.45, 7) is 5.49. The van der Waals surface area contributed by atoms with E-state index in [0.29, 0.717) is 24.8 Å². The molecule has 33 heavy (non-hydrogen) atoms. The Labute approximate surface area is 191 Å². The largest absolute Gasteiger partial charge is 0.488 e. The molecule has 1 atom stereocenters. The van der Waals surface area contributed by atoms with Crippen LogP contribution in [0.25, 0.3) is 10.9 Å². The Balaban J connectivity index is 1.06. The third kappa shape index (κ3) is 3.87. The van der Waals surface area contributed by atoms with Gasteiger partial charge in [-0.3, -0.25) is 9.78 Å². The number of anilines is 1. The number of aromatic nitrogens is 2. The van der Waals surface area contributed by atoms with Crippen molar-refractivity contribution < 1.29 is 9.13 Å². The molecule has 3 aliphatic rings. The standard InChI is InChI=1S/C25H28FN5O2/c26-20-3-1-16-2-4-23(32)31-15-17(24(20)25(16)31)14-30-8-5-18(6-9-30)28-12-19-11-21-22(13-29-19)33-10-7-27-21/h1-4,11,13,17-18,27-28H,5-10,12,14-15H2. The van der Waals surface area contributed by atoms with Gasteiger partial charge >= 0.3 is 0 Å². The van der Waals surface area contributed by atoms with Crippen LogP contribution in [0.15, 0.2) is 41.3 Å². The minimum Gasteiger partial charge on any atom is -0.488 e. The first-order valence-corrected chi connectivity index (χ1v) is 11.8. The van der Waals surface area contributed by atoms with Crippen LogP contribution in [0.3, 0.4) is 0 Å². The van der Waals surface area contributed by atoms with Gasteiger partial charge < -0.3 is 24.8 Å². The fourth-order valence-electron chi connectivity index (χ4n) is 5.49. The molecule has 1 saturated heterocycles. The molecular weight excluding hydrogens is 421 g/mol. The van der Waals surface area contributed by atoms with E-state index in [2.05, 4.69) is 26.6 Å². The van der Waals surface area contributed by atoms with Gasteiger partial charge in [-0.1, -0.05) is 0 Å². The van der Waals surface area contributed by atoms with Gasteiger partial charge in [0.15, 0.2) is 5.75 Å². The fraction of sp³-hybridized carbons (Fsp3) is 0.440. The molecule has 6 rings (SSSR count). The molecular formula is C25H28FN5O2. The Morgan fingerprint density at radius 2 is 2.06 bits per heavy atom. The van der Waals surface area contributed by atoms with E-state index in [-0.39, 0.29) is 17.3 Å². The summed E-state index contributed by atoms with van der Waals surface area (Å²) in [6.07, 6.45) is 3.88. The van der Waals surface area contributed by atoms with Crippen LogP contribution in [0.4, 0.5) is 10.1 Å². The molecule has 172 valence electrons. The quantitative estimate of drug-likeness (QED) is 0.624. The highest BCUT2D eigenvalue weighted by Crippen LogP contribution is 2.35. The van der Waals surface area contributed by atoms with Gasteiger partial charge in [0.1, 0.15) is 12.4 Å². The van der Waals surface area contributed by atoms with E-state index in [4.69, 9.17) is 4.74 Å². The maximum absolute atomic E-state index is 14.8. The maximum Gasteiger partial charge on any atom is 0.251 e. The van der Waals surface area contributed by atoms with Crippen molar-refractivity contribution >= 4 is 16.6 Å². The molecule has 1 unspecified atom stereocenters. The highest BCUT2D eigenvalue weighted by atomic mass is 19.1. The first-order valence-electron chi connectivity index (χ1n) is 11.8. The highest BCUT2D eigenvalue weighted by Gasteiger charge is 2.31. The molecule has 1 fully saturated rings. The molecule has 5 heterocycles. The number of hydrogen-bond acceptors (Lipinski definition) is 6. The van der Waals surface area contributed by atoms with Gasteiger partial charge in [0.25, 0.3) is 5.56 Å². The summed E-state index contributed by atoms with van der Waals surface area (Å²) in [6, 6.07) is 9.20. The Hall–Kier alpha value is -2.97. The summed E-state index contributed by atoms with van der Waals surface area (Å²) < 4.78 is 22.1. The van der Waals surface area contributed by atoms with Crippen molar-refractivity contribution in [3.63, 3.8) is 0 Å². The number of fused-ring (bicyclic) bond motifs is 1. The van der Waals surface area contributed by atoms with E-state index in [9.17, 15) is 9.18 Å². The second-order valence-electron chi connectivity index (χ2n) is 9.28. The van der Waals surface area contributed by atoms with Gasteiger partial charge in [-0.2, -0.15) is 0 Å². The Bertz CT molecular complexity index is 1250. The molecule has 0 amide bonds. The molecule has 2 N–H and O–H groups in total. The van der Waals surface area contributed by atoms with Crippen LogP contribution >= 0.6 is 0 Å². The van der Waals surface area contributed by atoms with E-state index in [0.717, 1.165) is 73.6 Å². The van der Waals surface area contributed by atoms with Crippen LogP contribution in [0, 0.1) is 5.82 Å². The van der Waals surface area contributed by atoms with Crippen molar-refractivity contribution in [2.45, 2.75) is 37.9 Å². The van der Waals surface area contributed by atoms with E-state index in [1.165, 1.54) is 6.07 Å². The van der Waals surface area contributed by atoms with E-state index < -0.39 is 0 Å². The zero-order chi connectivity index (χ0) is 22.4. The summed E-state index contributed by atoms with van der Waals surface area (Å²) in [4.78, 5) is 19.3. The van der Waals surface area contributed by atoms with Gasteiger partial charge in [-0.05, 0) is 55.6 Å². The number of hydrogen-bond donors (Lipinski definition) is 2. The molecule has 0 saturated carbocycles. The normalized spacial score (nSPS) is 20.5. The minimum absolute atomic E-state index is 0.0164. The number of pyridine rings is 2. The van der Waals surface area contributed by atoms with Gasteiger partial charge in [0, 0.05) is 49.8 Å². The third-order valence-corrected chi connectivity index (χ3v) is 7.18. The molecule has 3 aliphatic heterocycles. The average Bonchev–Trinajstić information content (AvgIpc) is 3.23. The average molecular weight is 450 g/mol. The summed E-state index contributed by atoms with van der Waals surface area (Å²) in [5.74, 6) is 0.642. The SMILES string of the molecule is O=c1ccc2ccc(F)c3c2n1CC3CN1CCC(NCc2cc3c(cn2)OCCN3)CC1. The predicted molar refractivity (Wildman–Crippen MR) is 125 cm³/mol. The van der Waals surface area contributed by atoms with E-state index in [1.807, 2.05) is 0 Å². The summed E-state index contributed by atoms with van der Waals surface area (Å²) in [7, 11) is 0. The Morgan fingerprint density at radius 1 is 1.21 bits per heavy atom. The first-order chi connectivity index (χ1) is 16.2. The third-order valence-electron chi connectivity index (χ3n) is 7.18. The van der Waals surface area contributed by atoms with Gasteiger partial charge in [0.05, 0.1) is 23.1 Å². The molecule has 8 heteroatoms. The number of nitrogens with one attached hydrogen (secondary N) is 2. The monoisotopic (exact) mass is 449 g/mol. The topological polar surface area (TPSA) is 71.4 Å². The summed E-state index contributed by atoms with van der Waals surface area (Å²) in [5, 5.41) is 7.94. The van der Waals surface area contributed by atoms with E-state index >= 15 is 0 Å². The van der Waals surface area contributed by atoms with Crippen molar-refractivity contribution in [3.8, 4) is 5.75 Å². The minimum atomic E-state index is -0.196. The Morgan fingerprint density at radius 3 is 2.94 bits per heavy atom. The van der Waals surface area contributed by atoms with Gasteiger partial charge in [0.2, 0.25) is 0 Å². The molecule has 0 spiro atoms. The van der Waals surface area contributed by atoms with Crippen molar-refractivity contribution in [3.05, 3.63) is 64.0 Å². The number of rotatable bonds is 5. The molecule has 7 nitrogen and oxygen atoms in total. The smallest absolute Gasteiger partial charge is 0.251 e. The fourth-order valence-corrected chi connectivity index (χ4v) is 5.49. The molecule has 0 aliphatic carbocycles. The van der Waals surface area contributed by atoms with Crippen LogP contribution in [-0.4, -0.2) is 53.3 Å². The van der Waals surface area contributed by atoms with Crippen LogP contribution in [0.1, 0.15) is 30.0 Å². The van der Waals surface area contributed by atoms with Crippen LogP contribution < -0.4 is 20.9 Å². The van der Waals surface area contributed by atoms with E-state index in [1.54, 1.807) is 29.0 Å². The van der Waals surface area contributed by atoms with Crippen molar-refractivity contribution in [1.29, 1.82) is 0 Å². The number of nitrogens with zero attached hydrogens (tertiary/aromatic N) is 3. The molecule has 0 bridgehead atoms. The molecule has 0 radical (unpaired) electrons. The number of piperidine rings is 1.